The maximum Gasteiger partial charge on any atom is 0.274 e. The smallest absolute Gasteiger partial charge is 0.274 e. The second-order valence-corrected chi connectivity index (χ2v) is 6.58. The summed E-state index contributed by atoms with van der Waals surface area (Å²) >= 11 is 1.94. The second kappa shape index (κ2) is 4.28. The molecule has 1 atom stereocenters. The SMILES string of the molecule is CO[C@H]1CSC2(C1)CN(C(=O)c1ccn(C)n1)C2. The summed E-state index contributed by atoms with van der Waals surface area (Å²) in [6.45, 7) is 1.65. The van der Waals surface area contributed by atoms with Gasteiger partial charge < -0.3 is 9.64 Å². The average molecular weight is 267 g/mol. The van der Waals surface area contributed by atoms with Crippen molar-refractivity contribution in [1.29, 1.82) is 0 Å². The number of hydrogen-bond acceptors (Lipinski definition) is 4. The van der Waals surface area contributed by atoms with Crippen molar-refractivity contribution >= 4 is 17.7 Å². The minimum absolute atomic E-state index is 0.0442. The molecule has 1 aromatic rings. The Morgan fingerprint density at radius 2 is 2.39 bits per heavy atom. The van der Waals surface area contributed by atoms with Crippen LogP contribution in [-0.4, -0.2) is 57.4 Å². The van der Waals surface area contributed by atoms with Gasteiger partial charge in [-0.15, -0.1) is 11.8 Å². The maximum absolute atomic E-state index is 12.1. The van der Waals surface area contributed by atoms with Crippen molar-refractivity contribution in [3.8, 4) is 0 Å². The van der Waals surface area contributed by atoms with Crippen molar-refractivity contribution in [2.24, 2.45) is 7.05 Å². The number of nitrogens with zero attached hydrogens (tertiary/aromatic N) is 3. The fourth-order valence-electron chi connectivity index (χ4n) is 2.66. The first-order valence-electron chi connectivity index (χ1n) is 6.08. The van der Waals surface area contributed by atoms with Crippen molar-refractivity contribution < 1.29 is 9.53 Å². The van der Waals surface area contributed by atoms with Crippen molar-refractivity contribution in [3.05, 3.63) is 18.0 Å². The van der Waals surface area contributed by atoms with Crippen molar-refractivity contribution in [1.82, 2.24) is 14.7 Å². The van der Waals surface area contributed by atoms with E-state index in [4.69, 9.17) is 4.74 Å². The van der Waals surface area contributed by atoms with E-state index in [1.54, 1.807) is 24.1 Å². The Bertz CT molecular complexity index is 468. The van der Waals surface area contributed by atoms with E-state index in [2.05, 4.69) is 5.10 Å². The van der Waals surface area contributed by atoms with Crippen LogP contribution in [0.2, 0.25) is 0 Å². The summed E-state index contributed by atoms with van der Waals surface area (Å²) in [6, 6.07) is 1.77. The molecule has 3 heterocycles. The molecule has 2 saturated heterocycles. The van der Waals surface area contributed by atoms with E-state index < -0.39 is 0 Å². The molecule has 18 heavy (non-hydrogen) atoms. The van der Waals surface area contributed by atoms with Crippen molar-refractivity contribution in [2.45, 2.75) is 17.3 Å². The maximum atomic E-state index is 12.1. The highest BCUT2D eigenvalue weighted by Crippen LogP contribution is 2.46. The number of aromatic nitrogens is 2. The monoisotopic (exact) mass is 267 g/mol. The van der Waals surface area contributed by atoms with E-state index in [0.717, 1.165) is 25.3 Å². The van der Waals surface area contributed by atoms with Gasteiger partial charge in [0.15, 0.2) is 0 Å². The van der Waals surface area contributed by atoms with Gasteiger partial charge in [0, 0.05) is 39.2 Å². The molecule has 3 rings (SSSR count). The third-order valence-electron chi connectivity index (χ3n) is 3.69. The Balaban J connectivity index is 1.61. The van der Waals surface area contributed by atoms with Gasteiger partial charge >= 0.3 is 0 Å². The molecule has 0 unspecified atom stereocenters. The Labute approximate surface area is 110 Å². The average Bonchev–Trinajstić information content (AvgIpc) is 2.92. The third kappa shape index (κ3) is 1.93. The summed E-state index contributed by atoms with van der Waals surface area (Å²) in [5.41, 5.74) is 0.540. The van der Waals surface area contributed by atoms with Crippen LogP contribution in [0.5, 0.6) is 0 Å². The van der Waals surface area contributed by atoms with E-state index >= 15 is 0 Å². The van der Waals surface area contributed by atoms with Gasteiger partial charge in [0.2, 0.25) is 0 Å². The molecule has 2 aliphatic rings. The van der Waals surface area contributed by atoms with Crippen LogP contribution in [0, 0.1) is 0 Å². The number of rotatable bonds is 2. The minimum Gasteiger partial charge on any atom is -0.381 e. The molecule has 0 radical (unpaired) electrons. The number of methoxy groups -OCH3 is 1. The van der Waals surface area contributed by atoms with Gasteiger partial charge in [-0.1, -0.05) is 0 Å². The van der Waals surface area contributed by atoms with E-state index in [1.165, 1.54) is 0 Å². The predicted molar refractivity (Wildman–Crippen MR) is 69.7 cm³/mol. The van der Waals surface area contributed by atoms with Crippen LogP contribution < -0.4 is 0 Å². The molecule has 0 aliphatic carbocycles. The summed E-state index contributed by atoms with van der Waals surface area (Å²) in [5, 5.41) is 4.15. The Morgan fingerprint density at radius 1 is 1.61 bits per heavy atom. The van der Waals surface area contributed by atoms with Crippen molar-refractivity contribution in [3.63, 3.8) is 0 Å². The molecule has 0 saturated carbocycles. The van der Waals surface area contributed by atoms with Crippen LogP contribution in [0.1, 0.15) is 16.9 Å². The van der Waals surface area contributed by atoms with Crippen LogP contribution in [0.15, 0.2) is 12.3 Å². The Kier molecular flexibility index (Phi) is 2.86. The van der Waals surface area contributed by atoms with Gasteiger partial charge in [0.05, 0.1) is 10.9 Å². The number of likely N-dealkylation sites (tertiary alicyclic amines) is 1. The van der Waals surface area contributed by atoms with Crippen LogP contribution in [0.3, 0.4) is 0 Å². The molecule has 6 heteroatoms. The van der Waals surface area contributed by atoms with Gasteiger partial charge in [-0.3, -0.25) is 9.48 Å². The van der Waals surface area contributed by atoms with Crippen LogP contribution in [0.4, 0.5) is 0 Å². The third-order valence-corrected chi connectivity index (χ3v) is 5.26. The molecule has 1 amide bonds. The number of ether oxygens (including phenoxy) is 1. The summed E-state index contributed by atoms with van der Waals surface area (Å²) in [4.78, 5) is 14.0. The summed E-state index contributed by atoms with van der Waals surface area (Å²) < 4.78 is 7.29. The normalized spacial score (nSPS) is 25.4. The van der Waals surface area contributed by atoms with Gasteiger partial charge in [-0.2, -0.15) is 5.10 Å². The largest absolute Gasteiger partial charge is 0.381 e. The lowest BCUT2D eigenvalue weighted by Gasteiger charge is -2.47. The standard InChI is InChI=1S/C12H17N3O2S/c1-14-4-3-10(13-14)11(16)15-7-12(8-15)5-9(17-2)6-18-12/h3-4,9H,5-8H2,1-2H3/t9-/m1/s1. The predicted octanol–water partition coefficient (Wildman–Crippen LogP) is 0.767. The molecule has 2 fully saturated rings. The molecule has 1 spiro atoms. The lowest BCUT2D eigenvalue weighted by atomic mass is 9.92. The van der Waals surface area contributed by atoms with E-state index in [-0.39, 0.29) is 10.7 Å². The van der Waals surface area contributed by atoms with Crippen molar-refractivity contribution in [2.75, 3.05) is 26.0 Å². The fraction of sp³-hybridized carbons (Fsp3) is 0.667. The topological polar surface area (TPSA) is 47.4 Å². The molecule has 1 aromatic heterocycles. The first kappa shape index (κ1) is 12.0. The van der Waals surface area contributed by atoms with E-state index in [0.29, 0.717) is 11.8 Å². The fourth-order valence-corrected chi connectivity index (χ4v) is 4.25. The summed E-state index contributed by atoms with van der Waals surface area (Å²) in [6.07, 6.45) is 3.20. The number of thioether (sulfide) groups is 1. The zero-order valence-electron chi connectivity index (χ0n) is 10.6. The lowest BCUT2D eigenvalue weighted by molar-refractivity contribution is 0.0446. The molecular formula is C12H17N3O2S. The van der Waals surface area contributed by atoms with Gasteiger partial charge in [0.25, 0.3) is 5.91 Å². The van der Waals surface area contributed by atoms with Gasteiger partial charge in [-0.25, -0.2) is 0 Å². The van der Waals surface area contributed by atoms with Crippen LogP contribution in [0.25, 0.3) is 0 Å². The summed E-state index contributed by atoms with van der Waals surface area (Å²) in [7, 11) is 3.59. The Hall–Kier alpha value is -1.01. The molecular weight excluding hydrogens is 250 g/mol. The number of carbonyl (C=O) groups is 1. The van der Waals surface area contributed by atoms with E-state index in [1.807, 2.05) is 23.7 Å². The molecule has 5 nitrogen and oxygen atoms in total. The number of aryl methyl sites for hydroxylation is 1. The van der Waals surface area contributed by atoms with Crippen LogP contribution in [-0.2, 0) is 11.8 Å². The number of amides is 1. The van der Waals surface area contributed by atoms with Crippen LogP contribution >= 0.6 is 11.8 Å². The molecule has 98 valence electrons. The minimum atomic E-state index is 0.0442. The summed E-state index contributed by atoms with van der Waals surface area (Å²) in [5.74, 6) is 1.09. The highest BCUT2D eigenvalue weighted by atomic mass is 32.2. The van der Waals surface area contributed by atoms with E-state index in [9.17, 15) is 4.79 Å². The zero-order chi connectivity index (χ0) is 12.8. The second-order valence-electron chi connectivity index (χ2n) is 5.09. The number of carbonyl (C=O) groups excluding carboxylic acids is 1. The number of hydrogen-bond donors (Lipinski definition) is 0. The lowest BCUT2D eigenvalue weighted by Crippen LogP contribution is -2.60. The molecule has 0 bridgehead atoms. The zero-order valence-corrected chi connectivity index (χ0v) is 11.4. The highest BCUT2D eigenvalue weighted by molar-refractivity contribution is 8.01. The van der Waals surface area contributed by atoms with Gasteiger partial charge in [0.1, 0.15) is 5.69 Å². The van der Waals surface area contributed by atoms with Gasteiger partial charge in [-0.05, 0) is 12.5 Å². The first-order chi connectivity index (χ1) is 8.62. The molecule has 2 aliphatic heterocycles. The first-order valence-corrected chi connectivity index (χ1v) is 7.06. The molecule has 0 aromatic carbocycles. The quantitative estimate of drug-likeness (QED) is 0.794. The Morgan fingerprint density at radius 3 is 2.94 bits per heavy atom. The highest BCUT2D eigenvalue weighted by Gasteiger charge is 2.51. The molecule has 0 N–H and O–H groups in total.